The van der Waals surface area contributed by atoms with E-state index in [4.69, 9.17) is 4.74 Å². The predicted molar refractivity (Wildman–Crippen MR) is 62.3 cm³/mol. The maximum absolute atomic E-state index is 11.5. The van der Waals surface area contributed by atoms with Crippen LogP contribution >= 0.6 is 0 Å². The number of benzene rings is 1. The van der Waals surface area contributed by atoms with Gasteiger partial charge >= 0.3 is 0 Å². The number of aldehydes is 1. The maximum atomic E-state index is 11.5. The number of amides is 1. The van der Waals surface area contributed by atoms with E-state index in [1.165, 1.54) is 11.8 Å². The van der Waals surface area contributed by atoms with Crippen molar-refractivity contribution in [3.05, 3.63) is 35.9 Å². The highest BCUT2D eigenvalue weighted by Gasteiger charge is 2.35. The summed E-state index contributed by atoms with van der Waals surface area (Å²) in [7, 11) is 0. The van der Waals surface area contributed by atoms with Crippen molar-refractivity contribution >= 4 is 12.2 Å². The fourth-order valence-corrected chi connectivity index (χ4v) is 2.16. The quantitative estimate of drug-likeness (QED) is 0.732. The van der Waals surface area contributed by atoms with Crippen LogP contribution in [0.3, 0.4) is 0 Å². The topological polar surface area (TPSA) is 46.6 Å². The molecular weight excluding hydrogens is 218 g/mol. The lowest BCUT2D eigenvalue weighted by Crippen LogP contribution is -2.42. The molecule has 1 aromatic rings. The monoisotopic (exact) mass is 233 g/mol. The van der Waals surface area contributed by atoms with Crippen LogP contribution < -0.4 is 0 Å². The third-order valence-electron chi connectivity index (χ3n) is 2.92. The molecule has 1 aliphatic rings. The fourth-order valence-electron chi connectivity index (χ4n) is 2.16. The molecule has 1 unspecified atom stereocenters. The van der Waals surface area contributed by atoms with Gasteiger partial charge in [-0.2, -0.15) is 0 Å². The Bertz CT molecular complexity index is 404. The second-order valence-corrected chi connectivity index (χ2v) is 4.13. The normalized spacial score (nSPS) is 23.7. The Labute approximate surface area is 100 Å². The highest BCUT2D eigenvalue weighted by Crippen LogP contribution is 2.19. The molecule has 0 bridgehead atoms. The largest absolute Gasteiger partial charge is 0.349 e. The lowest BCUT2D eigenvalue weighted by molar-refractivity contribution is -0.140. The SMILES string of the molecule is CC(=O)N1C(C=O)OC[C@@H]1Cc1ccccc1. The van der Waals surface area contributed by atoms with Crippen molar-refractivity contribution in [3.8, 4) is 0 Å². The van der Waals surface area contributed by atoms with Crippen molar-refractivity contribution in [1.82, 2.24) is 4.90 Å². The van der Waals surface area contributed by atoms with E-state index in [2.05, 4.69) is 0 Å². The fraction of sp³-hybridized carbons (Fsp3) is 0.385. The van der Waals surface area contributed by atoms with Gasteiger partial charge in [-0.3, -0.25) is 9.59 Å². The van der Waals surface area contributed by atoms with E-state index in [0.29, 0.717) is 19.3 Å². The molecule has 1 amide bonds. The summed E-state index contributed by atoms with van der Waals surface area (Å²) in [5.74, 6) is -0.125. The van der Waals surface area contributed by atoms with Crippen LogP contribution in [0.15, 0.2) is 30.3 Å². The van der Waals surface area contributed by atoms with Crippen molar-refractivity contribution in [1.29, 1.82) is 0 Å². The molecule has 0 spiro atoms. The highest BCUT2D eigenvalue weighted by atomic mass is 16.5. The number of hydrogen-bond acceptors (Lipinski definition) is 3. The Morgan fingerprint density at radius 1 is 1.47 bits per heavy atom. The van der Waals surface area contributed by atoms with E-state index in [0.717, 1.165) is 5.56 Å². The molecule has 1 aromatic carbocycles. The summed E-state index contributed by atoms with van der Waals surface area (Å²) in [6.45, 7) is 1.88. The van der Waals surface area contributed by atoms with Crippen LogP contribution in [0.25, 0.3) is 0 Å². The molecule has 90 valence electrons. The summed E-state index contributed by atoms with van der Waals surface area (Å²) < 4.78 is 5.30. The Balaban J connectivity index is 2.11. The summed E-state index contributed by atoms with van der Waals surface area (Å²) >= 11 is 0. The average Bonchev–Trinajstić information content (AvgIpc) is 2.73. The van der Waals surface area contributed by atoms with Gasteiger partial charge in [-0.15, -0.1) is 0 Å². The third-order valence-corrected chi connectivity index (χ3v) is 2.92. The van der Waals surface area contributed by atoms with E-state index in [1.807, 2.05) is 30.3 Å². The van der Waals surface area contributed by atoms with Crippen molar-refractivity contribution in [2.75, 3.05) is 6.61 Å². The second kappa shape index (κ2) is 5.10. The van der Waals surface area contributed by atoms with Gasteiger partial charge in [-0.1, -0.05) is 30.3 Å². The Hall–Kier alpha value is -1.68. The molecule has 0 N–H and O–H groups in total. The summed E-state index contributed by atoms with van der Waals surface area (Å²) in [6.07, 6.45) is 0.665. The van der Waals surface area contributed by atoms with Gasteiger partial charge in [0.1, 0.15) is 0 Å². The van der Waals surface area contributed by atoms with Gasteiger partial charge < -0.3 is 9.64 Å². The van der Waals surface area contributed by atoms with Crippen LogP contribution in [0.2, 0.25) is 0 Å². The molecule has 1 heterocycles. The van der Waals surface area contributed by atoms with E-state index >= 15 is 0 Å². The minimum absolute atomic E-state index is 0.0508. The standard InChI is InChI=1S/C13H15NO3/c1-10(16)14-12(9-17-13(14)8-15)7-11-5-3-2-4-6-11/h2-6,8,12-13H,7,9H2,1H3/t12-,13?/m0/s1. The van der Waals surface area contributed by atoms with Crippen LogP contribution in [-0.2, 0) is 20.7 Å². The summed E-state index contributed by atoms with van der Waals surface area (Å²) in [6, 6.07) is 9.83. The Morgan fingerprint density at radius 3 is 2.76 bits per heavy atom. The molecule has 0 radical (unpaired) electrons. The van der Waals surface area contributed by atoms with Crippen LogP contribution in [-0.4, -0.2) is 36.0 Å². The third kappa shape index (κ3) is 2.53. The average molecular weight is 233 g/mol. The van der Waals surface area contributed by atoms with Crippen molar-refractivity contribution in [3.63, 3.8) is 0 Å². The summed E-state index contributed by atoms with van der Waals surface area (Å²) in [4.78, 5) is 23.8. The first kappa shape index (κ1) is 11.8. The molecule has 0 aromatic heterocycles. The van der Waals surface area contributed by atoms with Crippen LogP contribution in [0, 0.1) is 0 Å². The number of hydrogen-bond donors (Lipinski definition) is 0. The van der Waals surface area contributed by atoms with Crippen LogP contribution in [0.5, 0.6) is 0 Å². The van der Waals surface area contributed by atoms with Crippen LogP contribution in [0.1, 0.15) is 12.5 Å². The molecule has 1 aliphatic heterocycles. The van der Waals surface area contributed by atoms with Gasteiger partial charge in [-0.05, 0) is 12.0 Å². The van der Waals surface area contributed by atoms with Crippen molar-refractivity contribution in [2.24, 2.45) is 0 Å². The highest BCUT2D eigenvalue weighted by molar-refractivity contribution is 5.77. The zero-order valence-corrected chi connectivity index (χ0v) is 9.70. The number of ether oxygens (including phenoxy) is 1. The number of rotatable bonds is 3. The molecule has 0 saturated carbocycles. The van der Waals surface area contributed by atoms with E-state index in [-0.39, 0.29) is 11.9 Å². The molecule has 4 heteroatoms. The zero-order chi connectivity index (χ0) is 12.3. The molecule has 1 fully saturated rings. The lowest BCUT2D eigenvalue weighted by Gasteiger charge is -2.24. The minimum atomic E-state index is -0.721. The summed E-state index contributed by atoms with van der Waals surface area (Å²) in [5, 5.41) is 0. The van der Waals surface area contributed by atoms with Gasteiger partial charge in [0.2, 0.25) is 5.91 Å². The molecule has 2 rings (SSSR count). The van der Waals surface area contributed by atoms with E-state index in [9.17, 15) is 9.59 Å². The van der Waals surface area contributed by atoms with Gasteiger partial charge in [0.25, 0.3) is 0 Å². The summed E-state index contributed by atoms with van der Waals surface area (Å²) in [5.41, 5.74) is 1.14. The first-order valence-electron chi connectivity index (χ1n) is 5.62. The van der Waals surface area contributed by atoms with Gasteiger partial charge in [0, 0.05) is 6.92 Å². The molecule has 0 aliphatic carbocycles. The predicted octanol–water partition coefficient (Wildman–Crippen LogP) is 1.00. The number of carbonyl (C=O) groups is 2. The van der Waals surface area contributed by atoms with Gasteiger partial charge in [-0.25, -0.2) is 0 Å². The Kier molecular flexibility index (Phi) is 3.54. The Morgan fingerprint density at radius 2 is 2.18 bits per heavy atom. The molecular formula is C13H15NO3. The van der Waals surface area contributed by atoms with E-state index in [1.54, 1.807) is 0 Å². The molecule has 17 heavy (non-hydrogen) atoms. The van der Waals surface area contributed by atoms with Crippen molar-refractivity contribution in [2.45, 2.75) is 25.6 Å². The number of carbonyl (C=O) groups excluding carboxylic acids is 2. The van der Waals surface area contributed by atoms with E-state index < -0.39 is 6.23 Å². The van der Waals surface area contributed by atoms with Gasteiger partial charge in [0.15, 0.2) is 12.5 Å². The van der Waals surface area contributed by atoms with Gasteiger partial charge in [0.05, 0.1) is 12.6 Å². The first-order chi connectivity index (χ1) is 8.22. The number of nitrogens with zero attached hydrogens (tertiary/aromatic N) is 1. The van der Waals surface area contributed by atoms with Crippen molar-refractivity contribution < 1.29 is 14.3 Å². The lowest BCUT2D eigenvalue weighted by atomic mass is 10.1. The molecule has 1 saturated heterocycles. The first-order valence-corrected chi connectivity index (χ1v) is 5.62. The molecule has 4 nitrogen and oxygen atoms in total. The maximum Gasteiger partial charge on any atom is 0.222 e. The second-order valence-electron chi connectivity index (χ2n) is 4.13. The molecule has 2 atom stereocenters. The smallest absolute Gasteiger partial charge is 0.222 e. The van der Waals surface area contributed by atoms with Crippen LogP contribution in [0.4, 0.5) is 0 Å². The minimum Gasteiger partial charge on any atom is -0.349 e. The zero-order valence-electron chi connectivity index (χ0n) is 9.70.